The van der Waals surface area contributed by atoms with Crippen molar-refractivity contribution in [3.8, 4) is 6.07 Å². The molecule has 0 atom stereocenters. The summed E-state index contributed by atoms with van der Waals surface area (Å²) in [5.41, 5.74) is 0.994. The molecule has 0 amide bonds. The predicted octanol–water partition coefficient (Wildman–Crippen LogP) is 2.01. The summed E-state index contributed by atoms with van der Waals surface area (Å²) in [6.07, 6.45) is 4.03. The van der Waals surface area contributed by atoms with Crippen molar-refractivity contribution in [2.24, 2.45) is 0 Å². The third kappa shape index (κ3) is 2.66. The molecule has 1 aromatic heterocycles. The molecule has 0 unspecified atom stereocenters. The predicted molar refractivity (Wildman–Crippen MR) is 55.7 cm³/mol. The van der Waals surface area contributed by atoms with E-state index in [4.69, 9.17) is 5.26 Å². The first-order valence-corrected chi connectivity index (χ1v) is 4.63. The number of nitrogens with zero attached hydrogens (tertiary/aromatic N) is 2. The number of anilines is 1. The zero-order valence-corrected chi connectivity index (χ0v) is 8.58. The number of hydrogen-bond donors (Lipinski definition) is 1. The van der Waals surface area contributed by atoms with E-state index >= 15 is 0 Å². The molecule has 0 spiro atoms. The van der Waals surface area contributed by atoms with E-state index in [0.717, 1.165) is 9.26 Å². The van der Waals surface area contributed by atoms with Crippen molar-refractivity contribution in [1.29, 1.82) is 5.26 Å². The van der Waals surface area contributed by atoms with Crippen LogP contribution in [0.2, 0.25) is 0 Å². The van der Waals surface area contributed by atoms with Gasteiger partial charge in [0, 0.05) is 16.3 Å². The average molecular weight is 273 g/mol. The summed E-state index contributed by atoms with van der Waals surface area (Å²) in [5.74, 6) is 0. The van der Waals surface area contributed by atoms with E-state index in [2.05, 4.69) is 39.0 Å². The quantitative estimate of drug-likeness (QED) is 0.677. The largest absolute Gasteiger partial charge is 0.382 e. The van der Waals surface area contributed by atoms with E-state index in [9.17, 15) is 0 Å². The highest BCUT2D eigenvalue weighted by Gasteiger charge is 1.95. The van der Waals surface area contributed by atoms with Crippen LogP contribution in [0.15, 0.2) is 18.5 Å². The molecule has 0 bridgehead atoms. The fourth-order valence-corrected chi connectivity index (χ4v) is 1.25. The number of rotatable bonds is 3. The van der Waals surface area contributed by atoms with Gasteiger partial charge in [0.05, 0.1) is 24.4 Å². The molecule has 0 saturated heterocycles. The van der Waals surface area contributed by atoms with Crippen molar-refractivity contribution in [2.45, 2.75) is 6.42 Å². The Morgan fingerprint density at radius 1 is 1.67 bits per heavy atom. The number of nitriles is 1. The third-order valence-electron chi connectivity index (χ3n) is 1.32. The Bertz CT molecular complexity index is 293. The Hall–Kier alpha value is -0.830. The van der Waals surface area contributed by atoms with Gasteiger partial charge in [0.15, 0.2) is 0 Å². The number of halogens is 1. The van der Waals surface area contributed by atoms with Crippen molar-refractivity contribution in [3.05, 3.63) is 22.0 Å². The van der Waals surface area contributed by atoms with E-state index < -0.39 is 0 Å². The van der Waals surface area contributed by atoms with E-state index in [0.29, 0.717) is 13.0 Å². The molecule has 0 aliphatic rings. The van der Waals surface area contributed by atoms with Crippen LogP contribution >= 0.6 is 22.6 Å². The van der Waals surface area contributed by atoms with Gasteiger partial charge in [0.25, 0.3) is 0 Å². The van der Waals surface area contributed by atoms with Gasteiger partial charge in [0.1, 0.15) is 0 Å². The molecule has 3 nitrogen and oxygen atoms in total. The fourth-order valence-electron chi connectivity index (χ4n) is 0.761. The van der Waals surface area contributed by atoms with Gasteiger partial charge in [-0.1, -0.05) is 0 Å². The van der Waals surface area contributed by atoms with Crippen LogP contribution in [-0.2, 0) is 0 Å². The van der Waals surface area contributed by atoms with Crippen LogP contribution in [-0.4, -0.2) is 11.5 Å². The van der Waals surface area contributed by atoms with Crippen molar-refractivity contribution >= 4 is 28.3 Å². The zero-order valence-electron chi connectivity index (χ0n) is 6.42. The summed E-state index contributed by atoms with van der Waals surface area (Å²) in [4.78, 5) is 3.97. The lowest BCUT2D eigenvalue weighted by molar-refractivity contribution is 1.07. The summed E-state index contributed by atoms with van der Waals surface area (Å²) >= 11 is 2.23. The molecule has 0 fully saturated rings. The van der Waals surface area contributed by atoms with Gasteiger partial charge in [-0.3, -0.25) is 4.98 Å². The monoisotopic (exact) mass is 273 g/mol. The normalized spacial score (nSPS) is 9.00. The summed E-state index contributed by atoms with van der Waals surface area (Å²) in [7, 11) is 0. The highest BCUT2D eigenvalue weighted by Crippen LogP contribution is 2.14. The Kier molecular flexibility index (Phi) is 3.80. The highest BCUT2D eigenvalue weighted by atomic mass is 127. The Balaban J connectivity index is 2.53. The third-order valence-corrected chi connectivity index (χ3v) is 2.26. The smallest absolute Gasteiger partial charge is 0.0662 e. The first kappa shape index (κ1) is 9.26. The topological polar surface area (TPSA) is 48.7 Å². The van der Waals surface area contributed by atoms with Crippen LogP contribution < -0.4 is 5.32 Å². The second kappa shape index (κ2) is 4.93. The molecule has 1 aromatic rings. The molecule has 1 rings (SSSR count). The average Bonchev–Trinajstić information content (AvgIpc) is 2.09. The molecule has 12 heavy (non-hydrogen) atoms. The number of nitrogens with one attached hydrogen (secondary N) is 1. The van der Waals surface area contributed by atoms with Gasteiger partial charge in [-0.2, -0.15) is 5.26 Å². The van der Waals surface area contributed by atoms with Crippen LogP contribution in [0.5, 0.6) is 0 Å². The summed E-state index contributed by atoms with van der Waals surface area (Å²) in [5, 5.41) is 11.4. The first-order valence-electron chi connectivity index (χ1n) is 3.55. The summed E-state index contributed by atoms with van der Waals surface area (Å²) in [6, 6.07) is 4.00. The molecule has 1 N–H and O–H groups in total. The van der Waals surface area contributed by atoms with Crippen molar-refractivity contribution in [1.82, 2.24) is 4.98 Å². The van der Waals surface area contributed by atoms with Gasteiger partial charge >= 0.3 is 0 Å². The number of pyridine rings is 1. The van der Waals surface area contributed by atoms with Crippen molar-refractivity contribution in [3.63, 3.8) is 0 Å². The molecular weight excluding hydrogens is 265 g/mol. The lowest BCUT2D eigenvalue weighted by Crippen LogP contribution is -2.01. The fraction of sp³-hybridized carbons (Fsp3) is 0.250. The van der Waals surface area contributed by atoms with Crippen LogP contribution in [0.25, 0.3) is 0 Å². The van der Waals surface area contributed by atoms with Gasteiger partial charge in [-0.15, -0.1) is 0 Å². The Labute approximate surface area is 85.0 Å². The van der Waals surface area contributed by atoms with Crippen LogP contribution in [0, 0.1) is 14.9 Å². The minimum Gasteiger partial charge on any atom is -0.382 e. The molecule has 0 saturated carbocycles. The Morgan fingerprint density at radius 2 is 2.50 bits per heavy atom. The van der Waals surface area contributed by atoms with E-state index in [1.807, 2.05) is 6.07 Å². The second-order valence-electron chi connectivity index (χ2n) is 2.19. The Morgan fingerprint density at radius 3 is 3.17 bits per heavy atom. The van der Waals surface area contributed by atoms with E-state index in [1.54, 1.807) is 12.4 Å². The molecule has 0 aliphatic heterocycles. The molecule has 0 radical (unpaired) electrons. The second-order valence-corrected chi connectivity index (χ2v) is 3.35. The zero-order chi connectivity index (χ0) is 8.81. The first-order chi connectivity index (χ1) is 5.84. The van der Waals surface area contributed by atoms with E-state index in [1.165, 1.54) is 0 Å². The van der Waals surface area contributed by atoms with Crippen LogP contribution in [0.4, 0.5) is 5.69 Å². The lowest BCUT2D eigenvalue weighted by atomic mass is 10.4. The van der Waals surface area contributed by atoms with Crippen molar-refractivity contribution < 1.29 is 0 Å². The molecule has 0 aliphatic carbocycles. The van der Waals surface area contributed by atoms with Gasteiger partial charge in [-0.05, 0) is 28.7 Å². The minimum atomic E-state index is 0.519. The SMILES string of the molecule is N#CCCNc1cnccc1I. The summed E-state index contributed by atoms with van der Waals surface area (Å²) in [6.45, 7) is 0.679. The lowest BCUT2D eigenvalue weighted by Gasteiger charge is -2.04. The maximum absolute atomic E-state index is 8.31. The number of aromatic nitrogens is 1. The highest BCUT2D eigenvalue weighted by molar-refractivity contribution is 14.1. The van der Waals surface area contributed by atoms with Crippen LogP contribution in [0.1, 0.15) is 6.42 Å². The molecule has 0 aromatic carbocycles. The molecule has 4 heteroatoms. The van der Waals surface area contributed by atoms with Gasteiger partial charge in [-0.25, -0.2) is 0 Å². The molecule has 1 heterocycles. The van der Waals surface area contributed by atoms with E-state index in [-0.39, 0.29) is 0 Å². The molecule has 62 valence electrons. The van der Waals surface area contributed by atoms with Gasteiger partial charge < -0.3 is 5.32 Å². The maximum Gasteiger partial charge on any atom is 0.0662 e. The molecular formula is C8H8IN3. The van der Waals surface area contributed by atoms with Gasteiger partial charge in [0.2, 0.25) is 0 Å². The standard InChI is InChI=1S/C8H8IN3/c9-7-2-5-11-6-8(7)12-4-1-3-10/h2,5-6,12H,1,4H2. The van der Waals surface area contributed by atoms with Crippen LogP contribution in [0.3, 0.4) is 0 Å². The minimum absolute atomic E-state index is 0.519. The number of hydrogen-bond acceptors (Lipinski definition) is 3. The van der Waals surface area contributed by atoms with Crippen molar-refractivity contribution in [2.75, 3.05) is 11.9 Å². The maximum atomic E-state index is 8.31. The summed E-state index contributed by atoms with van der Waals surface area (Å²) < 4.78 is 1.13.